The van der Waals surface area contributed by atoms with E-state index in [2.05, 4.69) is 16.0 Å². The zero-order valence-corrected chi connectivity index (χ0v) is 10.1. The lowest BCUT2D eigenvalue weighted by molar-refractivity contribution is -0.140. The van der Waals surface area contributed by atoms with E-state index in [-0.39, 0.29) is 18.5 Å². The van der Waals surface area contributed by atoms with Crippen molar-refractivity contribution < 1.29 is 24.3 Å². The summed E-state index contributed by atoms with van der Waals surface area (Å²) in [4.78, 5) is 43.8. The highest BCUT2D eigenvalue weighted by atomic mass is 16.4. The molecule has 1 saturated heterocycles. The van der Waals surface area contributed by atoms with Crippen LogP contribution >= 0.6 is 0 Å². The monoisotopic (exact) mass is 272 g/mol. The first kappa shape index (κ1) is 14.7. The minimum absolute atomic E-state index is 0.0793. The number of hydrogen-bond donors (Lipinski definition) is 5. The number of carbonyl (C=O) groups is 4. The molecule has 0 aromatic heterocycles. The van der Waals surface area contributed by atoms with Crippen molar-refractivity contribution in [2.24, 2.45) is 5.73 Å². The van der Waals surface area contributed by atoms with Gasteiger partial charge in [0.1, 0.15) is 6.04 Å². The SMILES string of the molecule is NC(=O)C[C@H](NC(=O)NCC1CCC(=O)N1)C(=O)O. The van der Waals surface area contributed by atoms with E-state index in [9.17, 15) is 19.2 Å². The Bertz CT molecular complexity index is 397. The molecule has 19 heavy (non-hydrogen) atoms. The molecule has 0 saturated carbocycles. The number of nitrogens with two attached hydrogens (primary N) is 1. The molecule has 0 radical (unpaired) electrons. The van der Waals surface area contributed by atoms with Crippen molar-refractivity contribution in [1.29, 1.82) is 0 Å². The first-order chi connectivity index (χ1) is 8.88. The summed E-state index contributed by atoms with van der Waals surface area (Å²) in [5, 5.41) is 16.0. The van der Waals surface area contributed by atoms with Gasteiger partial charge in [-0.15, -0.1) is 0 Å². The van der Waals surface area contributed by atoms with Gasteiger partial charge in [0.25, 0.3) is 0 Å². The van der Waals surface area contributed by atoms with Crippen molar-refractivity contribution in [3.63, 3.8) is 0 Å². The summed E-state index contributed by atoms with van der Waals surface area (Å²) in [6.07, 6.45) is 0.541. The number of carboxylic acids is 1. The molecule has 9 nitrogen and oxygen atoms in total. The van der Waals surface area contributed by atoms with E-state index in [4.69, 9.17) is 10.8 Å². The van der Waals surface area contributed by atoms with Crippen molar-refractivity contribution >= 4 is 23.8 Å². The van der Waals surface area contributed by atoms with Gasteiger partial charge in [0, 0.05) is 19.0 Å². The van der Waals surface area contributed by atoms with E-state index < -0.39 is 30.4 Å². The molecular formula is C10H16N4O5. The standard InChI is InChI=1S/C10H16N4O5/c11-7(15)3-6(9(17)18)14-10(19)12-4-5-1-2-8(16)13-5/h5-6H,1-4H2,(H2,11,15)(H,13,16)(H,17,18)(H2,12,14,19)/t5?,6-/m0/s1. The van der Waals surface area contributed by atoms with Crippen LogP contribution in [0.5, 0.6) is 0 Å². The Morgan fingerprint density at radius 1 is 1.47 bits per heavy atom. The van der Waals surface area contributed by atoms with E-state index in [0.29, 0.717) is 12.8 Å². The highest BCUT2D eigenvalue weighted by Crippen LogP contribution is 2.04. The highest BCUT2D eigenvalue weighted by Gasteiger charge is 2.24. The van der Waals surface area contributed by atoms with Crippen LogP contribution in [0.15, 0.2) is 0 Å². The van der Waals surface area contributed by atoms with Crippen LogP contribution in [0.4, 0.5) is 4.79 Å². The van der Waals surface area contributed by atoms with Gasteiger partial charge in [-0.1, -0.05) is 0 Å². The van der Waals surface area contributed by atoms with Gasteiger partial charge in [0.15, 0.2) is 0 Å². The smallest absolute Gasteiger partial charge is 0.326 e. The van der Waals surface area contributed by atoms with Gasteiger partial charge in [0.05, 0.1) is 6.42 Å². The summed E-state index contributed by atoms with van der Waals surface area (Å²) in [7, 11) is 0. The second-order valence-corrected chi connectivity index (χ2v) is 4.22. The van der Waals surface area contributed by atoms with Crippen LogP contribution in [0, 0.1) is 0 Å². The summed E-state index contributed by atoms with van der Waals surface area (Å²) >= 11 is 0. The van der Waals surface area contributed by atoms with Crippen LogP contribution in [0.25, 0.3) is 0 Å². The second kappa shape index (κ2) is 6.57. The summed E-state index contributed by atoms with van der Waals surface area (Å²) in [6, 6.07) is -2.25. The molecule has 0 aromatic rings. The topological polar surface area (TPSA) is 151 Å². The Morgan fingerprint density at radius 2 is 2.16 bits per heavy atom. The molecule has 0 bridgehead atoms. The maximum Gasteiger partial charge on any atom is 0.326 e. The number of carbonyl (C=O) groups excluding carboxylic acids is 3. The average molecular weight is 272 g/mol. The molecule has 1 aliphatic heterocycles. The summed E-state index contributed by atoms with van der Waals surface area (Å²) in [5.74, 6) is -2.25. The predicted molar refractivity (Wildman–Crippen MR) is 62.9 cm³/mol. The van der Waals surface area contributed by atoms with Crippen molar-refractivity contribution in [1.82, 2.24) is 16.0 Å². The summed E-state index contributed by atoms with van der Waals surface area (Å²) in [6.45, 7) is 0.195. The lowest BCUT2D eigenvalue weighted by Crippen LogP contribution is -2.49. The van der Waals surface area contributed by atoms with E-state index in [0.717, 1.165) is 0 Å². The maximum atomic E-state index is 11.4. The van der Waals surface area contributed by atoms with Gasteiger partial charge in [0.2, 0.25) is 11.8 Å². The molecule has 1 fully saturated rings. The largest absolute Gasteiger partial charge is 0.480 e. The lowest BCUT2D eigenvalue weighted by Gasteiger charge is -2.15. The normalized spacial score (nSPS) is 19.4. The average Bonchev–Trinajstić information content (AvgIpc) is 2.71. The molecule has 1 rings (SSSR count). The van der Waals surface area contributed by atoms with E-state index in [1.165, 1.54) is 0 Å². The number of rotatable bonds is 6. The number of hydrogen-bond acceptors (Lipinski definition) is 4. The van der Waals surface area contributed by atoms with Gasteiger partial charge in [-0.25, -0.2) is 9.59 Å². The summed E-state index contributed by atoms with van der Waals surface area (Å²) < 4.78 is 0. The molecule has 0 aliphatic carbocycles. The number of aliphatic carboxylic acids is 1. The maximum absolute atomic E-state index is 11.4. The van der Waals surface area contributed by atoms with Crippen LogP contribution in [0.3, 0.4) is 0 Å². The zero-order valence-electron chi connectivity index (χ0n) is 10.1. The Morgan fingerprint density at radius 3 is 2.63 bits per heavy atom. The molecule has 106 valence electrons. The molecule has 9 heteroatoms. The zero-order chi connectivity index (χ0) is 14.4. The van der Waals surface area contributed by atoms with Crippen LogP contribution < -0.4 is 21.7 Å². The van der Waals surface area contributed by atoms with Crippen molar-refractivity contribution in [3.8, 4) is 0 Å². The fourth-order valence-electron chi connectivity index (χ4n) is 1.66. The molecule has 1 heterocycles. The predicted octanol–water partition coefficient (Wildman–Crippen LogP) is -2.11. The molecule has 4 amide bonds. The first-order valence-electron chi connectivity index (χ1n) is 5.73. The molecule has 2 atom stereocenters. The van der Waals surface area contributed by atoms with Gasteiger partial charge >= 0.3 is 12.0 Å². The second-order valence-electron chi connectivity index (χ2n) is 4.22. The van der Waals surface area contributed by atoms with Crippen LogP contribution in [-0.2, 0) is 14.4 Å². The fraction of sp³-hybridized carbons (Fsp3) is 0.600. The fourth-order valence-corrected chi connectivity index (χ4v) is 1.66. The number of carboxylic acid groups (broad SMARTS) is 1. The Kier molecular flexibility index (Phi) is 5.10. The molecule has 0 aromatic carbocycles. The minimum Gasteiger partial charge on any atom is -0.480 e. The Balaban J connectivity index is 2.34. The Hall–Kier alpha value is -2.32. The van der Waals surface area contributed by atoms with Crippen LogP contribution in [0.2, 0.25) is 0 Å². The van der Waals surface area contributed by atoms with E-state index in [1.54, 1.807) is 0 Å². The quantitative estimate of drug-likeness (QED) is 0.375. The van der Waals surface area contributed by atoms with Crippen molar-refractivity contribution in [2.75, 3.05) is 6.54 Å². The molecular weight excluding hydrogens is 256 g/mol. The highest BCUT2D eigenvalue weighted by molar-refractivity contribution is 5.87. The van der Waals surface area contributed by atoms with Gasteiger partial charge < -0.3 is 26.8 Å². The molecule has 0 spiro atoms. The van der Waals surface area contributed by atoms with Gasteiger partial charge in [-0.2, -0.15) is 0 Å². The van der Waals surface area contributed by atoms with Gasteiger partial charge in [-0.3, -0.25) is 9.59 Å². The third-order valence-corrected chi connectivity index (χ3v) is 2.60. The molecule has 1 unspecified atom stereocenters. The number of nitrogens with one attached hydrogen (secondary N) is 3. The van der Waals surface area contributed by atoms with Gasteiger partial charge in [-0.05, 0) is 6.42 Å². The third kappa shape index (κ3) is 5.23. The first-order valence-corrected chi connectivity index (χ1v) is 5.73. The van der Waals surface area contributed by atoms with Crippen LogP contribution in [-0.4, -0.2) is 47.5 Å². The van der Waals surface area contributed by atoms with Crippen molar-refractivity contribution in [2.45, 2.75) is 31.3 Å². The number of urea groups is 1. The molecule has 6 N–H and O–H groups in total. The third-order valence-electron chi connectivity index (χ3n) is 2.60. The minimum atomic E-state index is -1.37. The number of amides is 4. The van der Waals surface area contributed by atoms with Crippen LogP contribution in [0.1, 0.15) is 19.3 Å². The summed E-state index contributed by atoms with van der Waals surface area (Å²) in [5.41, 5.74) is 4.87. The van der Waals surface area contributed by atoms with E-state index in [1.807, 2.05) is 0 Å². The Labute approximate surface area is 108 Å². The van der Waals surface area contributed by atoms with Crippen molar-refractivity contribution in [3.05, 3.63) is 0 Å². The lowest BCUT2D eigenvalue weighted by atomic mass is 10.2. The van der Waals surface area contributed by atoms with E-state index >= 15 is 0 Å². The molecule has 1 aliphatic rings. The number of primary amides is 1.